The van der Waals surface area contributed by atoms with Crippen LogP contribution in [0.3, 0.4) is 0 Å². The number of halogens is 1. The molecule has 0 aliphatic carbocycles. The second-order valence-electron chi connectivity index (χ2n) is 2.24. The third-order valence-electron chi connectivity index (χ3n) is 1.24. The lowest BCUT2D eigenvalue weighted by atomic mass is 10.2. The molecule has 12 heavy (non-hydrogen) atoms. The molecule has 1 aromatic rings. The number of aldehydes is 1. The minimum Gasteiger partial charge on any atom is -0.289 e. The van der Waals surface area contributed by atoms with E-state index in [9.17, 15) is 9.18 Å². The van der Waals surface area contributed by atoms with Gasteiger partial charge in [-0.2, -0.15) is 4.39 Å². The smallest absolute Gasteiger partial charge is 0.228 e. The van der Waals surface area contributed by atoms with E-state index in [1.54, 1.807) is 13.0 Å². The fourth-order valence-corrected chi connectivity index (χ4v) is 0.747. The molecule has 0 amide bonds. The standard InChI is InChI=1S/C9H6FNO/c1-7-5-8(3-2-4-12)9(10)11-6-7/h4-6H,1H3. The zero-order valence-electron chi connectivity index (χ0n) is 6.47. The molecule has 2 nitrogen and oxygen atoms in total. The highest BCUT2D eigenvalue weighted by Gasteiger charge is 1.98. The van der Waals surface area contributed by atoms with Gasteiger partial charge in [0.25, 0.3) is 0 Å². The summed E-state index contributed by atoms with van der Waals surface area (Å²) >= 11 is 0. The van der Waals surface area contributed by atoms with Gasteiger partial charge in [-0.15, -0.1) is 0 Å². The van der Waals surface area contributed by atoms with Gasteiger partial charge in [-0.25, -0.2) is 4.98 Å². The van der Waals surface area contributed by atoms with Gasteiger partial charge in [0.15, 0.2) is 6.29 Å². The molecule has 3 heteroatoms. The summed E-state index contributed by atoms with van der Waals surface area (Å²) in [5.74, 6) is 3.83. The summed E-state index contributed by atoms with van der Waals surface area (Å²) in [5.41, 5.74) is 0.966. The molecule has 0 unspecified atom stereocenters. The van der Waals surface area contributed by atoms with E-state index in [4.69, 9.17) is 0 Å². The average Bonchev–Trinajstić information content (AvgIpc) is 2.07. The molecule has 0 atom stereocenters. The quantitative estimate of drug-likeness (QED) is 0.325. The van der Waals surface area contributed by atoms with Gasteiger partial charge >= 0.3 is 0 Å². The van der Waals surface area contributed by atoms with Crippen LogP contribution >= 0.6 is 0 Å². The Kier molecular flexibility index (Phi) is 2.54. The SMILES string of the molecule is Cc1cnc(F)c(C#CC=O)c1. The van der Waals surface area contributed by atoms with Crippen molar-refractivity contribution in [3.05, 3.63) is 29.3 Å². The molecular formula is C9H6FNO. The van der Waals surface area contributed by atoms with Crippen LogP contribution in [-0.2, 0) is 4.79 Å². The zero-order chi connectivity index (χ0) is 8.97. The molecule has 0 aliphatic rings. The minimum atomic E-state index is -0.644. The summed E-state index contributed by atoms with van der Waals surface area (Å²) in [6, 6.07) is 1.54. The first-order chi connectivity index (χ1) is 5.74. The van der Waals surface area contributed by atoms with E-state index >= 15 is 0 Å². The zero-order valence-corrected chi connectivity index (χ0v) is 6.47. The lowest BCUT2D eigenvalue weighted by Crippen LogP contribution is -1.89. The summed E-state index contributed by atoms with van der Waals surface area (Å²) in [6.45, 7) is 1.78. The van der Waals surface area contributed by atoms with Gasteiger partial charge in [-0.1, -0.05) is 5.92 Å². The molecule has 0 bridgehead atoms. The fraction of sp³-hybridized carbons (Fsp3) is 0.111. The normalized spacial score (nSPS) is 8.50. The third-order valence-corrected chi connectivity index (χ3v) is 1.24. The average molecular weight is 163 g/mol. The van der Waals surface area contributed by atoms with Crippen LogP contribution in [0.15, 0.2) is 12.3 Å². The fourth-order valence-electron chi connectivity index (χ4n) is 0.747. The molecule has 0 fully saturated rings. The van der Waals surface area contributed by atoms with E-state index in [1.807, 2.05) is 0 Å². The first-order valence-electron chi connectivity index (χ1n) is 3.31. The highest BCUT2D eigenvalue weighted by molar-refractivity contribution is 5.73. The van der Waals surface area contributed by atoms with Crippen molar-refractivity contribution in [3.8, 4) is 11.8 Å². The Balaban J connectivity index is 3.13. The summed E-state index contributed by atoms with van der Waals surface area (Å²) in [7, 11) is 0. The second-order valence-corrected chi connectivity index (χ2v) is 2.24. The summed E-state index contributed by atoms with van der Waals surface area (Å²) in [5, 5.41) is 0. The van der Waals surface area contributed by atoms with Gasteiger partial charge in [0, 0.05) is 6.20 Å². The summed E-state index contributed by atoms with van der Waals surface area (Å²) < 4.78 is 12.8. The maximum absolute atomic E-state index is 12.8. The van der Waals surface area contributed by atoms with Gasteiger partial charge in [-0.05, 0) is 24.5 Å². The first kappa shape index (κ1) is 8.41. The van der Waals surface area contributed by atoms with Crippen LogP contribution in [0.4, 0.5) is 4.39 Å². The van der Waals surface area contributed by atoms with Crippen molar-refractivity contribution in [2.24, 2.45) is 0 Å². The Morgan fingerprint density at radius 1 is 1.67 bits per heavy atom. The van der Waals surface area contributed by atoms with Crippen molar-refractivity contribution in [1.82, 2.24) is 4.98 Å². The largest absolute Gasteiger partial charge is 0.289 e. The summed E-state index contributed by atoms with van der Waals surface area (Å²) in [6.07, 6.45) is 1.82. The lowest BCUT2D eigenvalue weighted by molar-refractivity contribution is -0.103. The van der Waals surface area contributed by atoms with Gasteiger partial charge in [-0.3, -0.25) is 4.79 Å². The van der Waals surface area contributed by atoms with Crippen LogP contribution in [0.2, 0.25) is 0 Å². The molecule has 0 aliphatic heterocycles. The van der Waals surface area contributed by atoms with Gasteiger partial charge in [0.05, 0.1) is 5.56 Å². The highest BCUT2D eigenvalue weighted by atomic mass is 19.1. The highest BCUT2D eigenvalue weighted by Crippen LogP contribution is 2.04. The Hall–Kier alpha value is -1.69. The number of carbonyl (C=O) groups is 1. The van der Waals surface area contributed by atoms with E-state index in [0.717, 1.165) is 5.56 Å². The number of carbonyl (C=O) groups excluding carboxylic acids is 1. The van der Waals surface area contributed by atoms with Crippen LogP contribution < -0.4 is 0 Å². The predicted octanol–water partition coefficient (Wildman–Crippen LogP) is 1.08. The number of aromatic nitrogens is 1. The Morgan fingerprint density at radius 2 is 2.42 bits per heavy atom. The van der Waals surface area contributed by atoms with Crippen molar-refractivity contribution < 1.29 is 9.18 Å². The molecule has 0 aromatic carbocycles. The Labute approximate surface area is 69.4 Å². The van der Waals surface area contributed by atoms with Crippen molar-refractivity contribution in [2.75, 3.05) is 0 Å². The van der Waals surface area contributed by atoms with Crippen LogP contribution in [0.5, 0.6) is 0 Å². The number of aryl methyl sites for hydroxylation is 1. The van der Waals surface area contributed by atoms with Crippen LogP contribution in [-0.4, -0.2) is 11.3 Å². The number of pyridine rings is 1. The van der Waals surface area contributed by atoms with E-state index in [2.05, 4.69) is 16.8 Å². The molecule has 1 aromatic heterocycles. The predicted molar refractivity (Wildman–Crippen MR) is 41.9 cm³/mol. The van der Waals surface area contributed by atoms with E-state index in [0.29, 0.717) is 6.29 Å². The van der Waals surface area contributed by atoms with E-state index in [-0.39, 0.29) is 5.56 Å². The van der Waals surface area contributed by atoms with Gasteiger partial charge in [0.2, 0.25) is 5.95 Å². The van der Waals surface area contributed by atoms with Crippen molar-refractivity contribution in [2.45, 2.75) is 6.92 Å². The molecule has 1 rings (SSSR count). The van der Waals surface area contributed by atoms with Crippen LogP contribution in [0.25, 0.3) is 0 Å². The maximum atomic E-state index is 12.8. The van der Waals surface area contributed by atoms with Gasteiger partial charge in [0.1, 0.15) is 0 Å². The van der Waals surface area contributed by atoms with E-state index < -0.39 is 5.95 Å². The van der Waals surface area contributed by atoms with Crippen molar-refractivity contribution in [3.63, 3.8) is 0 Å². The molecule has 0 saturated heterocycles. The Bertz CT molecular complexity index is 363. The number of hydrogen-bond acceptors (Lipinski definition) is 2. The number of hydrogen-bond donors (Lipinski definition) is 0. The molecule has 0 spiro atoms. The van der Waals surface area contributed by atoms with E-state index in [1.165, 1.54) is 6.20 Å². The summed E-state index contributed by atoms with van der Waals surface area (Å²) in [4.78, 5) is 13.3. The molecule has 0 saturated carbocycles. The molecular weight excluding hydrogens is 157 g/mol. The monoisotopic (exact) mass is 163 g/mol. The molecule has 1 heterocycles. The van der Waals surface area contributed by atoms with Crippen LogP contribution in [0, 0.1) is 24.7 Å². The Morgan fingerprint density at radius 3 is 3.08 bits per heavy atom. The molecule has 60 valence electrons. The van der Waals surface area contributed by atoms with Crippen molar-refractivity contribution in [1.29, 1.82) is 0 Å². The number of rotatable bonds is 0. The molecule has 0 radical (unpaired) electrons. The molecule has 0 N–H and O–H groups in total. The first-order valence-corrected chi connectivity index (χ1v) is 3.31. The van der Waals surface area contributed by atoms with Gasteiger partial charge < -0.3 is 0 Å². The lowest BCUT2D eigenvalue weighted by Gasteiger charge is -1.93. The second kappa shape index (κ2) is 3.63. The minimum absolute atomic E-state index is 0.155. The maximum Gasteiger partial charge on any atom is 0.228 e. The topological polar surface area (TPSA) is 30.0 Å². The van der Waals surface area contributed by atoms with Crippen LogP contribution in [0.1, 0.15) is 11.1 Å². The third kappa shape index (κ3) is 1.89. The number of nitrogens with zero attached hydrogens (tertiary/aromatic N) is 1. The van der Waals surface area contributed by atoms with Crippen molar-refractivity contribution >= 4 is 6.29 Å².